The quantitative estimate of drug-likeness (QED) is 0.589. The first-order valence-electron chi connectivity index (χ1n) is 13.2. The van der Waals surface area contributed by atoms with Gasteiger partial charge in [0.15, 0.2) is 5.79 Å². The van der Waals surface area contributed by atoms with Gasteiger partial charge in [-0.05, 0) is 80.0 Å². The molecule has 6 aliphatic rings. The van der Waals surface area contributed by atoms with Gasteiger partial charge in [0.25, 0.3) is 0 Å². The van der Waals surface area contributed by atoms with Crippen molar-refractivity contribution in [3.8, 4) is 0 Å². The molecule has 6 fully saturated rings. The van der Waals surface area contributed by atoms with Gasteiger partial charge in [-0.3, -0.25) is 4.79 Å². The second-order valence-corrected chi connectivity index (χ2v) is 13.0. The minimum Gasteiger partial charge on any atom is -0.393 e. The van der Waals surface area contributed by atoms with E-state index in [9.17, 15) is 9.90 Å². The largest absolute Gasteiger partial charge is 0.393 e. The zero-order chi connectivity index (χ0) is 21.8. The van der Waals surface area contributed by atoms with Gasteiger partial charge in [0.05, 0.1) is 18.8 Å². The number of carbonyl (C=O) groups is 1. The minimum atomic E-state index is -0.448. The number of ketones is 1. The number of fused-ring (bicyclic) bond motifs is 7. The van der Waals surface area contributed by atoms with Crippen LogP contribution in [0.5, 0.6) is 0 Å². The highest BCUT2D eigenvalue weighted by Gasteiger charge is 2.71. The SMILES string of the molecule is C[C@H]1CC[C@@]2(OC1)O[C@@H]1C[C@@H]3[C@@H]4CC[C@H]5C[C@@H](O)CC[C@]5(C)[C@H]4CC(=O)[C@]3(C)[C@@H]1[C@@H]2C. The smallest absolute Gasteiger partial charge is 0.171 e. The number of hydrogen-bond donors (Lipinski definition) is 1. The lowest BCUT2D eigenvalue weighted by molar-refractivity contribution is -0.272. The molecule has 4 saturated carbocycles. The number of carbonyl (C=O) groups excluding carboxylic acids is 1. The Balaban J connectivity index is 1.30. The molecule has 2 aliphatic heterocycles. The van der Waals surface area contributed by atoms with Crippen molar-refractivity contribution in [2.24, 2.45) is 52.3 Å². The average molecular weight is 431 g/mol. The van der Waals surface area contributed by atoms with E-state index in [0.717, 1.165) is 51.6 Å². The maximum atomic E-state index is 14.0. The standard InChI is InChI=1S/C27H42O4/c1-15-7-10-27(30-14-15)16(2)24-22(31-27)12-21-19-6-5-17-11-18(28)8-9-25(17,3)20(19)13-23(29)26(21,24)4/h15-22,24,28H,5-14H2,1-4H3/t15-,16-,17-,18-,19+,20-,21+,22+,24+,25-,26+,27+/m0/s1. The Morgan fingerprint density at radius 1 is 1.00 bits per heavy atom. The fraction of sp³-hybridized carbons (Fsp3) is 0.963. The maximum absolute atomic E-state index is 14.0. The first kappa shape index (κ1) is 21.1. The average Bonchev–Trinajstić information content (AvgIpc) is 3.18. The summed E-state index contributed by atoms with van der Waals surface area (Å²) >= 11 is 0. The molecule has 31 heavy (non-hydrogen) atoms. The molecule has 0 unspecified atom stereocenters. The molecule has 4 heteroatoms. The summed E-state index contributed by atoms with van der Waals surface area (Å²) < 4.78 is 13.2. The molecule has 0 aromatic rings. The summed E-state index contributed by atoms with van der Waals surface area (Å²) in [5.41, 5.74) is -0.0221. The number of aliphatic hydroxyl groups excluding tert-OH is 1. The van der Waals surface area contributed by atoms with Gasteiger partial charge in [0.2, 0.25) is 0 Å². The monoisotopic (exact) mass is 430 g/mol. The summed E-state index contributed by atoms with van der Waals surface area (Å²) in [6, 6.07) is 0. The van der Waals surface area contributed by atoms with Crippen LogP contribution in [0.4, 0.5) is 0 Å². The molecule has 0 aromatic heterocycles. The van der Waals surface area contributed by atoms with Gasteiger partial charge in [-0.25, -0.2) is 0 Å². The molecule has 6 rings (SSSR count). The first-order valence-corrected chi connectivity index (χ1v) is 13.2. The molecule has 1 N–H and O–H groups in total. The van der Waals surface area contributed by atoms with Crippen molar-refractivity contribution >= 4 is 5.78 Å². The third kappa shape index (κ3) is 2.68. The van der Waals surface area contributed by atoms with Crippen LogP contribution in [0.3, 0.4) is 0 Å². The lowest BCUT2D eigenvalue weighted by Crippen LogP contribution is -2.58. The topological polar surface area (TPSA) is 55.8 Å². The van der Waals surface area contributed by atoms with Gasteiger partial charge >= 0.3 is 0 Å². The van der Waals surface area contributed by atoms with Crippen LogP contribution in [0.1, 0.15) is 85.5 Å². The molecule has 2 saturated heterocycles. The predicted octanol–water partition coefficient (Wildman–Crippen LogP) is 4.97. The normalized spacial score (nSPS) is 60.9. The van der Waals surface area contributed by atoms with Gasteiger partial charge in [0, 0.05) is 30.1 Å². The second-order valence-electron chi connectivity index (χ2n) is 13.0. The fourth-order valence-electron chi connectivity index (χ4n) is 9.93. The molecule has 4 aliphatic carbocycles. The first-order chi connectivity index (χ1) is 14.7. The summed E-state index contributed by atoms with van der Waals surface area (Å²) in [5.74, 6) is 3.45. The number of aliphatic hydroxyl groups is 1. The van der Waals surface area contributed by atoms with Crippen molar-refractivity contribution in [1.29, 1.82) is 0 Å². The zero-order valence-corrected chi connectivity index (χ0v) is 19.9. The lowest BCUT2D eigenvalue weighted by Gasteiger charge is -2.60. The number of ether oxygens (including phenoxy) is 2. The molecule has 0 radical (unpaired) electrons. The Morgan fingerprint density at radius 2 is 1.81 bits per heavy atom. The van der Waals surface area contributed by atoms with E-state index < -0.39 is 5.79 Å². The Bertz CT molecular complexity index is 756. The Hall–Kier alpha value is -0.450. The van der Waals surface area contributed by atoms with E-state index in [0.29, 0.717) is 41.3 Å². The van der Waals surface area contributed by atoms with Gasteiger partial charge < -0.3 is 14.6 Å². The van der Waals surface area contributed by atoms with Crippen LogP contribution in [0, 0.1) is 52.3 Å². The molecule has 0 bridgehead atoms. The summed E-state index contributed by atoms with van der Waals surface area (Å²) in [7, 11) is 0. The predicted molar refractivity (Wildman–Crippen MR) is 118 cm³/mol. The highest BCUT2D eigenvalue weighted by Crippen LogP contribution is 2.70. The van der Waals surface area contributed by atoms with E-state index in [1.54, 1.807) is 0 Å². The van der Waals surface area contributed by atoms with Crippen LogP contribution in [0.2, 0.25) is 0 Å². The van der Waals surface area contributed by atoms with Crippen molar-refractivity contribution in [3.05, 3.63) is 0 Å². The third-order valence-electron chi connectivity index (χ3n) is 11.8. The molecule has 0 aromatic carbocycles. The molecular formula is C27H42O4. The Labute approximate surface area is 187 Å². The van der Waals surface area contributed by atoms with E-state index in [2.05, 4.69) is 27.7 Å². The summed E-state index contributed by atoms with van der Waals surface area (Å²) in [5, 5.41) is 10.3. The fourth-order valence-corrected chi connectivity index (χ4v) is 9.93. The van der Waals surface area contributed by atoms with E-state index in [1.165, 1.54) is 12.8 Å². The number of rotatable bonds is 0. The van der Waals surface area contributed by atoms with Gasteiger partial charge in [0.1, 0.15) is 5.78 Å². The highest BCUT2D eigenvalue weighted by atomic mass is 16.7. The van der Waals surface area contributed by atoms with Crippen molar-refractivity contribution < 1.29 is 19.4 Å². The van der Waals surface area contributed by atoms with Crippen LogP contribution in [0.25, 0.3) is 0 Å². The van der Waals surface area contributed by atoms with Crippen molar-refractivity contribution in [1.82, 2.24) is 0 Å². The zero-order valence-electron chi connectivity index (χ0n) is 19.9. The highest BCUT2D eigenvalue weighted by molar-refractivity contribution is 5.87. The summed E-state index contributed by atoms with van der Waals surface area (Å²) in [4.78, 5) is 14.0. The second kappa shape index (κ2) is 6.79. The van der Waals surface area contributed by atoms with E-state index in [1.807, 2.05) is 0 Å². The molecule has 0 amide bonds. The number of Topliss-reactive ketones (excluding diaryl/α,β-unsaturated/α-hetero) is 1. The maximum Gasteiger partial charge on any atom is 0.171 e. The molecule has 4 nitrogen and oxygen atoms in total. The Morgan fingerprint density at radius 3 is 2.55 bits per heavy atom. The molecule has 2 heterocycles. The van der Waals surface area contributed by atoms with Gasteiger partial charge in [-0.1, -0.05) is 27.7 Å². The minimum absolute atomic E-state index is 0.131. The van der Waals surface area contributed by atoms with Crippen molar-refractivity contribution in [2.45, 2.75) is 103 Å². The van der Waals surface area contributed by atoms with Crippen molar-refractivity contribution in [2.75, 3.05) is 6.61 Å². The molecule has 174 valence electrons. The van der Waals surface area contributed by atoms with Crippen molar-refractivity contribution in [3.63, 3.8) is 0 Å². The van der Waals surface area contributed by atoms with Crippen LogP contribution in [-0.2, 0) is 14.3 Å². The van der Waals surface area contributed by atoms with E-state index >= 15 is 0 Å². The van der Waals surface area contributed by atoms with E-state index in [4.69, 9.17) is 9.47 Å². The lowest BCUT2D eigenvalue weighted by atomic mass is 9.44. The summed E-state index contributed by atoms with van der Waals surface area (Å²) in [6.07, 6.45) is 9.39. The van der Waals surface area contributed by atoms with Crippen LogP contribution >= 0.6 is 0 Å². The van der Waals surface area contributed by atoms with E-state index in [-0.39, 0.29) is 29.0 Å². The van der Waals surface area contributed by atoms with Gasteiger partial charge in [-0.2, -0.15) is 0 Å². The van der Waals surface area contributed by atoms with Crippen LogP contribution < -0.4 is 0 Å². The third-order valence-corrected chi connectivity index (χ3v) is 11.8. The molecule has 12 atom stereocenters. The number of hydrogen-bond acceptors (Lipinski definition) is 4. The molecular weight excluding hydrogens is 388 g/mol. The van der Waals surface area contributed by atoms with Crippen LogP contribution in [0.15, 0.2) is 0 Å². The summed E-state index contributed by atoms with van der Waals surface area (Å²) in [6.45, 7) is 10.1. The van der Waals surface area contributed by atoms with Gasteiger partial charge in [-0.15, -0.1) is 0 Å². The molecule has 1 spiro atoms. The van der Waals surface area contributed by atoms with Crippen LogP contribution in [-0.4, -0.2) is 35.5 Å². The Kier molecular flexibility index (Phi) is 4.62.